The second kappa shape index (κ2) is 33.3. The highest BCUT2D eigenvalue weighted by atomic mass is 16.4. The molecule has 0 saturated heterocycles. The van der Waals surface area contributed by atoms with Gasteiger partial charge in [-0.15, -0.1) is 0 Å². The van der Waals surface area contributed by atoms with Crippen LogP contribution in [0.2, 0.25) is 0 Å². The highest BCUT2D eigenvalue weighted by Crippen LogP contribution is 2.38. The van der Waals surface area contributed by atoms with Gasteiger partial charge in [-0.3, -0.25) is 4.79 Å². The van der Waals surface area contributed by atoms with Crippen LogP contribution in [-0.2, 0) is 4.79 Å². The summed E-state index contributed by atoms with van der Waals surface area (Å²) in [5.74, 6) is -0.384. The quantitative estimate of drug-likeness (QED) is 0.0561. The van der Waals surface area contributed by atoms with Crippen molar-refractivity contribution in [1.29, 1.82) is 0 Å². The van der Waals surface area contributed by atoms with Crippen molar-refractivity contribution in [2.45, 2.75) is 188 Å². The van der Waals surface area contributed by atoms with Gasteiger partial charge >= 0.3 is 5.97 Å². The molecule has 0 radical (unpaired) electrons. The summed E-state index contributed by atoms with van der Waals surface area (Å²) in [6, 6.07) is 0. The third-order valence-electron chi connectivity index (χ3n) is 9.63. The highest BCUT2D eigenvalue weighted by Gasteiger charge is 2.40. The summed E-state index contributed by atoms with van der Waals surface area (Å²) in [5, 5.41) is 10.3. The van der Waals surface area contributed by atoms with Crippen molar-refractivity contribution in [2.24, 2.45) is 11.3 Å². The van der Waals surface area contributed by atoms with Crippen LogP contribution in [-0.4, -0.2) is 36.6 Å². The third kappa shape index (κ3) is 27.5. The van der Waals surface area contributed by atoms with Crippen LogP contribution in [0.25, 0.3) is 0 Å². The Morgan fingerprint density at radius 1 is 0.565 bits per heavy atom. The molecule has 0 amide bonds. The van der Waals surface area contributed by atoms with E-state index in [9.17, 15) is 9.90 Å². The monoisotopic (exact) mass is 642 g/mol. The molecule has 0 aromatic heterocycles. The molecule has 0 spiro atoms. The molecule has 0 bridgehead atoms. The van der Waals surface area contributed by atoms with Gasteiger partial charge in [0.15, 0.2) is 0 Å². The predicted molar refractivity (Wildman–Crippen MR) is 206 cm³/mol. The van der Waals surface area contributed by atoms with Crippen molar-refractivity contribution in [3.63, 3.8) is 0 Å². The molecule has 0 aliphatic rings. The van der Waals surface area contributed by atoms with E-state index in [1.807, 2.05) is 6.92 Å². The van der Waals surface area contributed by atoms with Gasteiger partial charge in [0.05, 0.1) is 5.41 Å². The first-order valence-corrected chi connectivity index (χ1v) is 19.9. The van der Waals surface area contributed by atoms with Gasteiger partial charge in [0.1, 0.15) is 0 Å². The molecule has 268 valence electrons. The number of allylic oxidation sites excluding steroid dienone is 8. The van der Waals surface area contributed by atoms with Crippen LogP contribution in [0.3, 0.4) is 0 Å². The molecular weight excluding hydrogens is 562 g/mol. The van der Waals surface area contributed by atoms with Gasteiger partial charge in [-0.25, -0.2) is 0 Å². The standard InChI is InChI=1S/C43H79NO2/c1-6-8-10-12-14-16-18-20-22-24-26-28-30-32-34-36-38-41(40-44(4)5)43(3,42(45)46)39-37-35-33-31-29-27-25-23-21-19-17-15-13-11-9-7-2/h14-17,20-23,41H,6-13,18-19,24-40H2,1-5H3,(H,45,46)/b16-14-,17-15-,22-20-,23-21-. The fraction of sp³-hybridized carbons (Fsp3) is 0.791. The number of unbranched alkanes of at least 4 members (excludes halogenated alkanes) is 18. The first-order chi connectivity index (χ1) is 22.4. The van der Waals surface area contributed by atoms with Gasteiger partial charge in [0.25, 0.3) is 0 Å². The summed E-state index contributed by atoms with van der Waals surface area (Å²) < 4.78 is 0. The first-order valence-electron chi connectivity index (χ1n) is 19.9. The van der Waals surface area contributed by atoms with E-state index in [-0.39, 0.29) is 5.92 Å². The molecule has 0 aromatic carbocycles. The zero-order valence-corrected chi connectivity index (χ0v) is 31.6. The largest absolute Gasteiger partial charge is 0.481 e. The Morgan fingerprint density at radius 3 is 1.33 bits per heavy atom. The van der Waals surface area contributed by atoms with E-state index in [0.717, 1.165) is 51.5 Å². The number of nitrogens with zero attached hydrogens (tertiary/aromatic N) is 1. The number of carboxylic acids is 1. The van der Waals surface area contributed by atoms with Crippen molar-refractivity contribution in [3.8, 4) is 0 Å². The minimum absolute atomic E-state index is 0.212. The van der Waals surface area contributed by atoms with Crippen LogP contribution in [0.15, 0.2) is 48.6 Å². The lowest BCUT2D eigenvalue weighted by Crippen LogP contribution is -2.41. The van der Waals surface area contributed by atoms with Gasteiger partial charge in [-0.05, 0) is 104 Å². The Bertz CT molecular complexity index is 780. The van der Waals surface area contributed by atoms with Gasteiger partial charge in [0.2, 0.25) is 0 Å². The van der Waals surface area contributed by atoms with Crippen molar-refractivity contribution >= 4 is 5.97 Å². The zero-order chi connectivity index (χ0) is 34.0. The maximum absolute atomic E-state index is 12.6. The average molecular weight is 642 g/mol. The van der Waals surface area contributed by atoms with E-state index in [2.05, 4.69) is 81.5 Å². The van der Waals surface area contributed by atoms with E-state index in [4.69, 9.17) is 0 Å². The summed E-state index contributed by atoms with van der Waals surface area (Å²) in [5.41, 5.74) is -0.628. The number of hydrogen-bond donors (Lipinski definition) is 1. The van der Waals surface area contributed by atoms with E-state index >= 15 is 0 Å². The van der Waals surface area contributed by atoms with E-state index in [0.29, 0.717) is 0 Å². The molecule has 1 N–H and O–H groups in total. The molecule has 3 heteroatoms. The first kappa shape index (κ1) is 44.4. The highest BCUT2D eigenvalue weighted by molar-refractivity contribution is 5.74. The van der Waals surface area contributed by atoms with Crippen LogP contribution in [0.5, 0.6) is 0 Å². The van der Waals surface area contributed by atoms with Crippen LogP contribution >= 0.6 is 0 Å². The van der Waals surface area contributed by atoms with Crippen LogP contribution in [0.4, 0.5) is 0 Å². The minimum atomic E-state index is -0.628. The smallest absolute Gasteiger partial charge is 0.309 e. The summed E-state index contributed by atoms with van der Waals surface area (Å²) in [7, 11) is 4.18. The topological polar surface area (TPSA) is 40.5 Å². The molecular formula is C43H79NO2. The molecule has 0 heterocycles. The van der Waals surface area contributed by atoms with Gasteiger partial charge in [-0.2, -0.15) is 0 Å². The summed E-state index contributed by atoms with van der Waals surface area (Å²) in [6.45, 7) is 7.41. The van der Waals surface area contributed by atoms with Crippen molar-refractivity contribution < 1.29 is 9.90 Å². The maximum atomic E-state index is 12.6. The Balaban J connectivity index is 4.15. The Kier molecular flexibility index (Phi) is 32.1. The SMILES string of the molecule is CCCCC/C=C\C/C=C\CCCCCCCCC(CN(C)C)C(C)(CCCCCCCC/C=C\C/C=C\CCCCC)C(=O)O. The van der Waals surface area contributed by atoms with E-state index < -0.39 is 11.4 Å². The Hall–Kier alpha value is -1.61. The number of carboxylic acid groups (broad SMARTS) is 1. The lowest BCUT2D eigenvalue weighted by atomic mass is 9.71. The maximum Gasteiger partial charge on any atom is 0.309 e. The molecule has 46 heavy (non-hydrogen) atoms. The molecule has 0 aromatic rings. The lowest BCUT2D eigenvalue weighted by Gasteiger charge is -2.36. The predicted octanol–water partition coefficient (Wildman–Crippen LogP) is 13.7. The van der Waals surface area contributed by atoms with Gasteiger partial charge in [0, 0.05) is 6.54 Å². The second-order valence-electron chi connectivity index (χ2n) is 14.4. The minimum Gasteiger partial charge on any atom is -0.481 e. The summed E-state index contributed by atoms with van der Waals surface area (Å²) >= 11 is 0. The number of carbonyl (C=O) groups is 1. The fourth-order valence-electron chi connectivity index (χ4n) is 6.40. The van der Waals surface area contributed by atoms with Crippen molar-refractivity contribution in [3.05, 3.63) is 48.6 Å². The summed E-state index contributed by atoms with van der Waals surface area (Å²) in [4.78, 5) is 14.8. The lowest BCUT2D eigenvalue weighted by molar-refractivity contribution is -0.152. The second-order valence-corrected chi connectivity index (χ2v) is 14.4. The van der Waals surface area contributed by atoms with Crippen molar-refractivity contribution in [1.82, 2.24) is 4.90 Å². The van der Waals surface area contributed by atoms with Crippen molar-refractivity contribution in [2.75, 3.05) is 20.6 Å². The molecule has 0 saturated carbocycles. The van der Waals surface area contributed by atoms with Crippen LogP contribution < -0.4 is 0 Å². The van der Waals surface area contributed by atoms with Crippen LogP contribution in [0, 0.1) is 11.3 Å². The number of aliphatic carboxylic acids is 1. The number of rotatable bonds is 34. The average Bonchev–Trinajstić information content (AvgIpc) is 3.03. The van der Waals surface area contributed by atoms with Gasteiger partial charge < -0.3 is 10.0 Å². The number of hydrogen-bond acceptors (Lipinski definition) is 2. The fourth-order valence-corrected chi connectivity index (χ4v) is 6.40. The van der Waals surface area contributed by atoms with Gasteiger partial charge in [-0.1, -0.05) is 152 Å². The Morgan fingerprint density at radius 2 is 0.935 bits per heavy atom. The summed E-state index contributed by atoms with van der Waals surface area (Å²) in [6.07, 6.45) is 50.1. The van der Waals surface area contributed by atoms with E-state index in [1.165, 1.54) is 122 Å². The zero-order valence-electron chi connectivity index (χ0n) is 31.6. The molecule has 2 atom stereocenters. The molecule has 0 rings (SSSR count). The molecule has 2 unspecified atom stereocenters. The molecule has 0 aliphatic heterocycles. The normalized spacial score (nSPS) is 14.5. The van der Waals surface area contributed by atoms with Crippen LogP contribution in [0.1, 0.15) is 188 Å². The third-order valence-corrected chi connectivity index (χ3v) is 9.63. The molecule has 3 nitrogen and oxygen atoms in total. The Labute approximate surface area is 288 Å². The molecule has 0 fully saturated rings. The van der Waals surface area contributed by atoms with E-state index in [1.54, 1.807) is 0 Å². The molecule has 0 aliphatic carbocycles.